The summed E-state index contributed by atoms with van der Waals surface area (Å²) in [6.45, 7) is 4.52. The van der Waals surface area contributed by atoms with E-state index in [1.54, 1.807) is 12.1 Å². The first-order valence-electron chi connectivity index (χ1n) is 18.4. The predicted octanol–water partition coefficient (Wildman–Crippen LogP) is 5.35. The summed E-state index contributed by atoms with van der Waals surface area (Å²) in [5, 5.41) is 42.5. The highest BCUT2D eigenvalue weighted by Gasteiger charge is 2.55. The Bertz CT molecular complexity index is 1490. The molecule has 8 unspecified atom stereocenters. The average molecular weight is 659 g/mol. The van der Waals surface area contributed by atoms with E-state index in [1.807, 2.05) is 24.3 Å². The Morgan fingerprint density at radius 1 is 0.646 bits per heavy atom. The average Bonchev–Trinajstić information content (AvgIpc) is 3.57. The molecule has 0 heterocycles. The van der Waals surface area contributed by atoms with Crippen molar-refractivity contribution in [2.45, 2.75) is 127 Å². The van der Waals surface area contributed by atoms with Gasteiger partial charge in [-0.2, -0.15) is 0 Å². The molecule has 2 aromatic carbocycles. The van der Waals surface area contributed by atoms with Crippen molar-refractivity contribution in [3.8, 4) is 11.5 Å². The van der Waals surface area contributed by atoms with Gasteiger partial charge in [-0.05, 0) is 170 Å². The molecule has 0 radical (unpaired) electrons. The van der Waals surface area contributed by atoms with Crippen molar-refractivity contribution in [2.75, 3.05) is 0 Å². The van der Waals surface area contributed by atoms with Crippen LogP contribution in [-0.2, 0) is 22.4 Å². The molecule has 6 aliphatic rings. The summed E-state index contributed by atoms with van der Waals surface area (Å²) in [7, 11) is 0. The van der Waals surface area contributed by atoms with Crippen LogP contribution in [0.15, 0.2) is 36.4 Å². The van der Waals surface area contributed by atoms with Crippen LogP contribution >= 0.6 is 0 Å². The molecule has 48 heavy (non-hydrogen) atoms. The lowest BCUT2D eigenvalue weighted by molar-refractivity contribution is -0.162. The number of carbonyl (C=O) groups excluding carboxylic acids is 2. The van der Waals surface area contributed by atoms with Crippen molar-refractivity contribution >= 4 is 11.9 Å². The number of hydrogen-bond donors (Lipinski definition) is 4. The van der Waals surface area contributed by atoms with Gasteiger partial charge in [-0.3, -0.25) is 0 Å². The van der Waals surface area contributed by atoms with Crippen LogP contribution in [0.25, 0.3) is 0 Å². The highest BCUT2D eigenvalue weighted by molar-refractivity contribution is 5.87. The lowest BCUT2D eigenvalue weighted by atomic mass is 9.55. The van der Waals surface area contributed by atoms with Crippen LogP contribution in [0, 0.1) is 34.5 Å². The van der Waals surface area contributed by atoms with Gasteiger partial charge in [-0.25, -0.2) is 9.59 Å². The Balaban J connectivity index is 0.888. The number of ether oxygens (including phenoxy) is 2. The van der Waals surface area contributed by atoms with Crippen LogP contribution < -0.4 is 9.47 Å². The first-order chi connectivity index (χ1) is 23.0. The van der Waals surface area contributed by atoms with Crippen LogP contribution in [0.3, 0.4) is 0 Å². The number of hydrogen-bond acceptors (Lipinski definition) is 8. The monoisotopic (exact) mass is 658 g/mol. The third kappa shape index (κ3) is 5.07. The molecule has 0 spiro atoms. The number of benzene rings is 2. The van der Waals surface area contributed by atoms with E-state index in [-0.39, 0.29) is 34.5 Å². The van der Waals surface area contributed by atoms with E-state index < -0.39 is 24.1 Å². The van der Waals surface area contributed by atoms with E-state index in [0.29, 0.717) is 35.5 Å². The standard InChI is InChI=1S/C40H50O8/c1-39-17-15-27-25-9-5-23(19-21(25)3-7-29(27)31(39)11-13-33(39)41)47-37(45)35(43)36(44)38(46)48-24-6-10-26-22(20-24)4-8-30-28(26)16-18-40(2)32(30)12-14-34(40)42/h5-6,9-10,19-20,27-36,41-44H,3-4,7-8,11-18H2,1-2H3/t27?,28?,29?,30?,31?,32?,33-,34-,35?,36?,39-,40-/m0/s1. The molecule has 258 valence electrons. The molecule has 2 aromatic rings. The predicted molar refractivity (Wildman–Crippen MR) is 177 cm³/mol. The van der Waals surface area contributed by atoms with Crippen molar-refractivity contribution in [1.82, 2.24) is 0 Å². The molecule has 12 atom stereocenters. The molecule has 0 aromatic heterocycles. The van der Waals surface area contributed by atoms with Gasteiger partial charge in [-0.15, -0.1) is 0 Å². The minimum absolute atomic E-state index is 0.00870. The molecule has 0 aliphatic heterocycles. The summed E-state index contributed by atoms with van der Waals surface area (Å²) < 4.78 is 10.9. The number of esters is 2. The molecular formula is C40H50O8. The Morgan fingerprint density at radius 3 is 1.48 bits per heavy atom. The maximum Gasteiger partial charge on any atom is 0.343 e. The zero-order chi connectivity index (χ0) is 33.5. The highest BCUT2D eigenvalue weighted by atomic mass is 16.6. The second kappa shape index (κ2) is 11.9. The lowest BCUT2D eigenvalue weighted by Crippen LogP contribution is -2.44. The minimum Gasteiger partial charge on any atom is -0.425 e. The molecule has 4 saturated carbocycles. The van der Waals surface area contributed by atoms with Crippen molar-refractivity contribution in [3.63, 3.8) is 0 Å². The molecule has 8 nitrogen and oxygen atoms in total. The number of rotatable bonds is 5. The lowest BCUT2D eigenvalue weighted by Gasteiger charge is -2.50. The fourth-order valence-electron chi connectivity index (χ4n) is 11.8. The smallest absolute Gasteiger partial charge is 0.343 e. The Hall–Kier alpha value is -2.78. The van der Waals surface area contributed by atoms with Gasteiger partial charge in [0.2, 0.25) is 0 Å². The SMILES string of the molecule is C[C@]12CCC3c4ccc(OC(=O)C(O)C(O)C(=O)Oc5ccc6c(c5)CCC5C6CC[C@@]6(C)C5CC[C@@H]6O)cc4CCC3C1CC[C@@H]2O. The third-order valence-electron chi connectivity index (χ3n) is 14.5. The topological polar surface area (TPSA) is 134 Å². The molecule has 0 saturated heterocycles. The van der Waals surface area contributed by atoms with E-state index >= 15 is 0 Å². The van der Waals surface area contributed by atoms with Gasteiger partial charge < -0.3 is 29.9 Å². The third-order valence-corrected chi connectivity index (χ3v) is 14.5. The molecule has 4 fully saturated rings. The first-order valence-corrected chi connectivity index (χ1v) is 18.4. The second-order valence-corrected chi connectivity index (χ2v) is 16.6. The zero-order valence-corrected chi connectivity index (χ0v) is 28.1. The molecule has 4 N–H and O–H groups in total. The molecule has 8 rings (SSSR count). The normalized spacial score (nSPS) is 39.0. The van der Waals surface area contributed by atoms with E-state index in [9.17, 15) is 30.0 Å². The molecule has 0 amide bonds. The van der Waals surface area contributed by atoms with Gasteiger partial charge in [0.25, 0.3) is 0 Å². The van der Waals surface area contributed by atoms with E-state index in [4.69, 9.17) is 9.47 Å². The number of aliphatic hydroxyl groups excluding tert-OH is 4. The van der Waals surface area contributed by atoms with Crippen molar-refractivity contribution in [2.24, 2.45) is 34.5 Å². The van der Waals surface area contributed by atoms with E-state index in [1.165, 1.54) is 11.1 Å². The van der Waals surface area contributed by atoms with Gasteiger partial charge in [0.15, 0.2) is 12.2 Å². The summed E-state index contributed by atoms with van der Waals surface area (Å²) in [6, 6.07) is 11.2. The fraction of sp³-hybridized carbons (Fsp3) is 0.650. The van der Waals surface area contributed by atoms with Crippen LogP contribution in [0.1, 0.15) is 112 Å². The van der Waals surface area contributed by atoms with Crippen LogP contribution in [0.5, 0.6) is 11.5 Å². The summed E-state index contributed by atoms with van der Waals surface area (Å²) in [5.74, 6) is 1.32. The summed E-state index contributed by atoms with van der Waals surface area (Å²) >= 11 is 0. The Kier molecular flexibility index (Phi) is 8.06. The summed E-state index contributed by atoms with van der Waals surface area (Å²) in [6.07, 6.45) is 7.15. The highest BCUT2D eigenvalue weighted by Crippen LogP contribution is 2.62. The van der Waals surface area contributed by atoms with Gasteiger partial charge in [0.05, 0.1) is 12.2 Å². The van der Waals surface area contributed by atoms with Crippen molar-refractivity contribution < 1.29 is 39.5 Å². The second-order valence-electron chi connectivity index (χ2n) is 16.6. The quantitative estimate of drug-likeness (QED) is 0.250. The Morgan fingerprint density at radius 2 is 1.06 bits per heavy atom. The maximum absolute atomic E-state index is 12.9. The minimum atomic E-state index is -2.10. The zero-order valence-electron chi connectivity index (χ0n) is 28.1. The van der Waals surface area contributed by atoms with Gasteiger partial charge >= 0.3 is 11.9 Å². The van der Waals surface area contributed by atoms with Gasteiger partial charge in [0, 0.05) is 0 Å². The first kappa shape index (κ1) is 32.4. The fourth-order valence-corrected chi connectivity index (χ4v) is 11.8. The summed E-state index contributed by atoms with van der Waals surface area (Å²) in [4.78, 5) is 25.7. The molecule has 6 aliphatic carbocycles. The summed E-state index contributed by atoms with van der Waals surface area (Å²) in [5.41, 5.74) is 4.82. The van der Waals surface area contributed by atoms with Gasteiger partial charge in [-0.1, -0.05) is 26.0 Å². The van der Waals surface area contributed by atoms with Crippen LogP contribution in [0.2, 0.25) is 0 Å². The van der Waals surface area contributed by atoms with Crippen molar-refractivity contribution in [3.05, 3.63) is 58.7 Å². The molecule has 0 bridgehead atoms. The number of fused-ring (bicyclic) bond motifs is 10. The number of aryl methyl sites for hydroxylation is 2. The maximum atomic E-state index is 12.9. The van der Waals surface area contributed by atoms with Gasteiger partial charge in [0.1, 0.15) is 11.5 Å². The number of aliphatic hydroxyl groups is 4. The Labute approximate surface area is 282 Å². The van der Waals surface area contributed by atoms with Crippen LogP contribution in [-0.4, -0.2) is 56.8 Å². The molecule has 8 heteroatoms. The van der Waals surface area contributed by atoms with E-state index in [0.717, 1.165) is 88.2 Å². The molecular weight excluding hydrogens is 608 g/mol. The van der Waals surface area contributed by atoms with E-state index in [2.05, 4.69) is 13.8 Å². The largest absolute Gasteiger partial charge is 0.425 e. The van der Waals surface area contributed by atoms with Crippen molar-refractivity contribution in [1.29, 1.82) is 0 Å². The van der Waals surface area contributed by atoms with Crippen LogP contribution in [0.4, 0.5) is 0 Å². The number of carbonyl (C=O) groups is 2.